The first-order valence-corrected chi connectivity index (χ1v) is 7.95. The molecule has 0 aliphatic carbocycles. The Hall–Kier alpha value is -2.82. The molecule has 3 N–H and O–H groups in total. The maximum Gasteiger partial charge on any atom is 0.321 e. The molecule has 3 amide bonds. The Balaban J connectivity index is 2.22. The van der Waals surface area contributed by atoms with Crippen molar-refractivity contribution in [1.29, 1.82) is 0 Å². The minimum Gasteiger partial charge on any atom is -0.370 e. The molecule has 0 saturated carbocycles. The van der Waals surface area contributed by atoms with E-state index in [4.69, 9.17) is 0 Å². The maximum absolute atomic E-state index is 12.5. The molecule has 2 aromatic rings. The van der Waals surface area contributed by atoms with Crippen LogP contribution in [0.5, 0.6) is 0 Å². The molecule has 0 aliphatic rings. The number of benzene rings is 2. The molecule has 126 valence electrons. The van der Waals surface area contributed by atoms with Gasteiger partial charge in [0.15, 0.2) is 0 Å². The monoisotopic (exact) mass is 325 g/mol. The molecule has 1 atom stereocenters. The second-order valence-electron chi connectivity index (χ2n) is 5.83. The Labute approximate surface area is 142 Å². The van der Waals surface area contributed by atoms with Crippen molar-refractivity contribution < 1.29 is 9.59 Å². The third-order valence-corrected chi connectivity index (χ3v) is 3.75. The number of carbonyl (C=O) groups excluding carboxylic acids is 2. The molecule has 0 fully saturated rings. The zero-order chi connectivity index (χ0) is 17.5. The van der Waals surface area contributed by atoms with Crippen molar-refractivity contribution in [2.75, 3.05) is 12.4 Å². The molecule has 5 nitrogen and oxygen atoms in total. The highest BCUT2D eigenvalue weighted by Crippen LogP contribution is 2.22. The van der Waals surface area contributed by atoms with Crippen LogP contribution in [0.15, 0.2) is 54.6 Å². The molecule has 0 unspecified atom stereocenters. The van der Waals surface area contributed by atoms with Gasteiger partial charge in [0.1, 0.15) is 6.04 Å². The Bertz CT molecular complexity index is 682. The van der Waals surface area contributed by atoms with Gasteiger partial charge >= 0.3 is 6.03 Å². The van der Waals surface area contributed by atoms with E-state index in [1.807, 2.05) is 54.6 Å². The molecule has 5 heteroatoms. The number of amides is 3. The predicted molar refractivity (Wildman–Crippen MR) is 95.9 cm³/mol. The highest BCUT2D eigenvalue weighted by atomic mass is 16.2. The molecule has 0 aromatic heterocycles. The SMILES string of the molecule is CNC(=O)NC(=O)[C@H](Nc1ccc(C(C)C)cc1)c1ccccc1. The Kier molecular flexibility index (Phi) is 5.95. The van der Waals surface area contributed by atoms with Gasteiger partial charge in [-0.15, -0.1) is 0 Å². The molecule has 0 heterocycles. The number of nitrogens with one attached hydrogen (secondary N) is 3. The van der Waals surface area contributed by atoms with E-state index in [2.05, 4.69) is 29.8 Å². The predicted octanol–water partition coefficient (Wildman–Crippen LogP) is 3.42. The quantitative estimate of drug-likeness (QED) is 0.789. The Morgan fingerprint density at radius 1 is 0.875 bits per heavy atom. The van der Waals surface area contributed by atoms with Gasteiger partial charge in [-0.2, -0.15) is 0 Å². The lowest BCUT2D eigenvalue weighted by Gasteiger charge is -2.20. The summed E-state index contributed by atoms with van der Waals surface area (Å²) in [4.78, 5) is 23.9. The minimum absolute atomic E-state index is 0.409. The number of urea groups is 1. The van der Waals surface area contributed by atoms with Crippen molar-refractivity contribution in [2.45, 2.75) is 25.8 Å². The number of hydrogen-bond acceptors (Lipinski definition) is 3. The first kappa shape index (κ1) is 17.5. The normalized spacial score (nSPS) is 11.7. The molecule has 0 saturated heterocycles. The van der Waals surface area contributed by atoms with Crippen LogP contribution in [0.2, 0.25) is 0 Å². The second-order valence-corrected chi connectivity index (χ2v) is 5.83. The summed E-state index contributed by atoms with van der Waals surface area (Å²) in [5.74, 6) is 0.0361. The third kappa shape index (κ3) is 4.59. The Morgan fingerprint density at radius 2 is 1.50 bits per heavy atom. The van der Waals surface area contributed by atoms with Gasteiger partial charge in [0.05, 0.1) is 0 Å². The minimum atomic E-state index is -0.659. The van der Waals surface area contributed by atoms with Gasteiger partial charge in [0.2, 0.25) is 0 Å². The van der Waals surface area contributed by atoms with Crippen molar-refractivity contribution in [2.24, 2.45) is 0 Å². The summed E-state index contributed by atoms with van der Waals surface area (Å²) in [6.07, 6.45) is 0. The van der Waals surface area contributed by atoms with Crippen LogP contribution in [0.25, 0.3) is 0 Å². The van der Waals surface area contributed by atoms with Crippen LogP contribution in [0, 0.1) is 0 Å². The standard InChI is InChI=1S/C19H23N3O2/c1-13(2)14-9-11-16(12-10-14)21-17(15-7-5-4-6-8-15)18(23)22-19(24)20-3/h4-13,17,21H,1-3H3,(H2,20,22,23,24)/t17-/m1/s1. The first-order valence-electron chi connectivity index (χ1n) is 7.95. The first-order chi connectivity index (χ1) is 11.5. The zero-order valence-electron chi connectivity index (χ0n) is 14.2. The molecule has 0 spiro atoms. The highest BCUT2D eigenvalue weighted by molar-refractivity contribution is 5.98. The van der Waals surface area contributed by atoms with Gasteiger partial charge in [0, 0.05) is 12.7 Å². The number of anilines is 1. The molecule has 24 heavy (non-hydrogen) atoms. The van der Waals surface area contributed by atoms with Crippen LogP contribution in [0.4, 0.5) is 10.5 Å². The van der Waals surface area contributed by atoms with Crippen LogP contribution in [-0.2, 0) is 4.79 Å². The maximum atomic E-state index is 12.5. The van der Waals surface area contributed by atoms with Crippen LogP contribution in [-0.4, -0.2) is 19.0 Å². The molecule has 2 aromatic carbocycles. The number of rotatable bonds is 5. The smallest absolute Gasteiger partial charge is 0.321 e. The van der Waals surface area contributed by atoms with E-state index in [9.17, 15) is 9.59 Å². The van der Waals surface area contributed by atoms with Crippen LogP contribution < -0.4 is 16.0 Å². The largest absolute Gasteiger partial charge is 0.370 e. The Morgan fingerprint density at radius 3 is 2.04 bits per heavy atom. The third-order valence-electron chi connectivity index (χ3n) is 3.75. The molecule has 0 bridgehead atoms. The van der Waals surface area contributed by atoms with Gasteiger partial charge in [-0.3, -0.25) is 10.1 Å². The molecular formula is C19H23N3O2. The highest BCUT2D eigenvalue weighted by Gasteiger charge is 2.22. The van der Waals surface area contributed by atoms with Crippen molar-refractivity contribution in [3.63, 3.8) is 0 Å². The van der Waals surface area contributed by atoms with Crippen LogP contribution in [0.1, 0.15) is 36.9 Å². The van der Waals surface area contributed by atoms with E-state index in [1.54, 1.807) is 0 Å². The number of imide groups is 1. The lowest BCUT2D eigenvalue weighted by molar-refractivity contribution is -0.120. The number of carbonyl (C=O) groups is 2. The van der Waals surface area contributed by atoms with Gasteiger partial charge in [-0.05, 0) is 29.2 Å². The molecule has 2 rings (SSSR count). The van der Waals surface area contributed by atoms with Gasteiger partial charge < -0.3 is 10.6 Å². The topological polar surface area (TPSA) is 70.2 Å². The fraction of sp³-hybridized carbons (Fsp3) is 0.263. The summed E-state index contributed by atoms with van der Waals surface area (Å²) in [6.45, 7) is 4.26. The summed E-state index contributed by atoms with van der Waals surface area (Å²) in [5, 5.41) is 7.91. The average molecular weight is 325 g/mol. The summed E-state index contributed by atoms with van der Waals surface area (Å²) >= 11 is 0. The fourth-order valence-electron chi connectivity index (χ4n) is 2.32. The van der Waals surface area contributed by atoms with Gasteiger partial charge in [0.25, 0.3) is 5.91 Å². The second kappa shape index (κ2) is 8.15. The average Bonchev–Trinajstić information content (AvgIpc) is 2.60. The lowest BCUT2D eigenvalue weighted by Crippen LogP contribution is -2.42. The van der Waals surface area contributed by atoms with E-state index in [1.165, 1.54) is 12.6 Å². The molecular weight excluding hydrogens is 302 g/mol. The van der Waals surface area contributed by atoms with Crippen LogP contribution >= 0.6 is 0 Å². The summed E-state index contributed by atoms with van der Waals surface area (Å²) in [6, 6.07) is 16.1. The summed E-state index contributed by atoms with van der Waals surface area (Å²) < 4.78 is 0. The van der Waals surface area contributed by atoms with E-state index >= 15 is 0 Å². The molecule has 0 aliphatic heterocycles. The van der Waals surface area contributed by atoms with Gasteiger partial charge in [-0.1, -0.05) is 56.3 Å². The van der Waals surface area contributed by atoms with E-state index < -0.39 is 18.0 Å². The van der Waals surface area contributed by atoms with Crippen LogP contribution in [0.3, 0.4) is 0 Å². The lowest BCUT2D eigenvalue weighted by atomic mass is 10.0. The number of hydrogen-bond donors (Lipinski definition) is 3. The zero-order valence-corrected chi connectivity index (χ0v) is 14.2. The van der Waals surface area contributed by atoms with E-state index in [0.29, 0.717) is 5.92 Å². The molecule has 0 radical (unpaired) electrons. The van der Waals surface area contributed by atoms with E-state index in [-0.39, 0.29) is 0 Å². The summed E-state index contributed by atoms with van der Waals surface area (Å²) in [7, 11) is 1.47. The van der Waals surface area contributed by atoms with Gasteiger partial charge in [-0.25, -0.2) is 4.79 Å². The summed E-state index contributed by atoms with van der Waals surface area (Å²) in [5.41, 5.74) is 2.83. The van der Waals surface area contributed by atoms with Crippen molar-refractivity contribution in [1.82, 2.24) is 10.6 Å². The van der Waals surface area contributed by atoms with Crippen molar-refractivity contribution in [3.8, 4) is 0 Å². The van der Waals surface area contributed by atoms with E-state index in [0.717, 1.165) is 11.3 Å². The van der Waals surface area contributed by atoms with Crippen molar-refractivity contribution in [3.05, 3.63) is 65.7 Å². The van der Waals surface area contributed by atoms with Crippen molar-refractivity contribution >= 4 is 17.6 Å². The fourth-order valence-corrected chi connectivity index (χ4v) is 2.32.